The van der Waals surface area contributed by atoms with Crippen LogP contribution in [0.4, 0.5) is 0 Å². The van der Waals surface area contributed by atoms with Gasteiger partial charge >= 0.3 is 0 Å². The molecule has 0 aromatic heterocycles. The number of rotatable bonds is 3. The van der Waals surface area contributed by atoms with E-state index in [2.05, 4.69) is 9.80 Å². The lowest BCUT2D eigenvalue weighted by Gasteiger charge is -2.41. The van der Waals surface area contributed by atoms with Crippen molar-refractivity contribution in [2.24, 2.45) is 0 Å². The molecule has 17 heavy (non-hydrogen) atoms. The number of piperidine rings is 2. The van der Waals surface area contributed by atoms with E-state index in [1.54, 1.807) is 0 Å². The maximum absolute atomic E-state index is 5.45. The molecule has 0 radical (unpaired) electrons. The molecule has 2 saturated heterocycles. The largest absolute Gasteiger partial charge is 0.381 e. The highest BCUT2D eigenvalue weighted by molar-refractivity contribution is 4.90. The van der Waals surface area contributed by atoms with Crippen molar-refractivity contribution in [2.75, 3.05) is 33.3 Å². The van der Waals surface area contributed by atoms with Gasteiger partial charge in [0.05, 0.1) is 6.10 Å². The average Bonchev–Trinajstić information content (AvgIpc) is 3.24. The van der Waals surface area contributed by atoms with Crippen LogP contribution in [-0.4, -0.2) is 61.3 Å². The molecular weight excluding hydrogens is 212 g/mol. The fourth-order valence-electron chi connectivity index (χ4n) is 3.53. The second-order valence-corrected chi connectivity index (χ2v) is 5.97. The van der Waals surface area contributed by atoms with Crippen LogP contribution in [0.3, 0.4) is 0 Å². The zero-order valence-corrected chi connectivity index (χ0v) is 11.1. The molecule has 3 heteroatoms. The van der Waals surface area contributed by atoms with E-state index < -0.39 is 0 Å². The summed E-state index contributed by atoms with van der Waals surface area (Å²) in [6.07, 6.45) is 8.72. The van der Waals surface area contributed by atoms with Crippen molar-refractivity contribution in [3.05, 3.63) is 0 Å². The Morgan fingerprint density at radius 2 is 1.18 bits per heavy atom. The van der Waals surface area contributed by atoms with Gasteiger partial charge in [-0.2, -0.15) is 0 Å². The van der Waals surface area contributed by atoms with Crippen LogP contribution in [0.15, 0.2) is 0 Å². The maximum atomic E-state index is 5.45. The maximum Gasteiger partial charge on any atom is 0.0595 e. The molecule has 1 aliphatic carbocycles. The van der Waals surface area contributed by atoms with E-state index in [1.807, 2.05) is 7.11 Å². The first-order chi connectivity index (χ1) is 8.36. The van der Waals surface area contributed by atoms with Gasteiger partial charge in [0.25, 0.3) is 0 Å². The van der Waals surface area contributed by atoms with Gasteiger partial charge in [-0.1, -0.05) is 0 Å². The van der Waals surface area contributed by atoms with Crippen LogP contribution in [-0.2, 0) is 4.74 Å². The zero-order chi connectivity index (χ0) is 11.7. The monoisotopic (exact) mass is 238 g/mol. The van der Waals surface area contributed by atoms with Crippen LogP contribution in [0.5, 0.6) is 0 Å². The summed E-state index contributed by atoms with van der Waals surface area (Å²) in [6, 6.07) is 1.83. The molecule has 3 nitrogen and oxygen atoms in total. The van der Waals surface area contributed by atoms with Gasteiger partial charge < -0.3 is 14.5 Å². The Morgan fingerprint density at radius 1 is 0.706 bits per heavy atom. The highest BCUT2D eigenvalue weighted by Crippen LogP contribution is 2.31. The van der Waals surface area contributed by atoms with Crippen LogP contribution >= 0.6 is 0 Å². The van der Waals surface area contributed by atoms with Gasteiger partial charge in [-0.25, -0.2) is 0 Å². The van der Waals surface area contributed by atoms with Crippen molar-refractivity contribution in [3.8, 4) is 0 Å². The van der Waals surface area contributed by atoms with Crippen molar-refractivity contribution >= 4 is 0 Å². The number of likely N-dealkylation sites (tertiary alicyclic amines) is 2. The molecule has 3 aliphatic rings. The molecule has 0 aromatic carbocycles. The van der Waals surface area contributed by atoms with Crippen molar-refractivity contribution in [1.82, 2.24) is 9.80 Å². The summed E-state index contributed by atoms with van der Waals surface area (Å²) in [7, 11) is 1.86. The number of hydrogen-bond donors (Lipinski definition) is 0. The Hall–Kier alpha value is -0.120. The Bertz CT molecular complexity index is 239. The minimum absolute atomic E-state index is 0.526. The molecule has 2 aliphatic heterocycles. The second kappa shape index (κ2) is 5.25. The summed E-state index contributed by atoms with van der Waals surface area (Å²) >= 11 is 0. The molecule has 0 atom stereocenters. The van der Waals surface area contributed by atoms with Crippen LogP contribution in [0, 0.1) is 0 Å². The molecule has 0 amide bonds. The molecule has 1 saturated carbocycles. The molecule has 2 heterocycles. The summed E-state index contributed by atoms with van der Waals surface area (Å²) in [5.41, 5.74) is 0. The lowest BCUT2D eigenvalue weighted by atomic mass is 9.99. The second-order valence-electron chi connectivity index (χ2n) is 5.97. The number of ether oxygens (including phenoxy) is 1. The highest BCUT2D eigenvalue weighted by Gasteiger charge is 2.34. The zero-order valence-electron chi connectivity index (χ0n) is 11.1. The van der Waals surface area contributed by atoms with Gasteiger partial charge in [0.15, 0.2) is 0 Å². The fourth-order valence-corrected chi connectivity index (χ4v) is 3.53. The summed E-state index contributed by atoms with van der Waals surface area (Å²) in [4.78, 5) is 5.44. The van der Waals surface area contributed by atoms with Crippen LogP contribution in [0.2, 0.25) is 0 Å². The Kier molecular flexibility index (Phi) is 3.69. The quantitative estimate of drug-likeness (QED) is 0.744. The van der Waals surface area contributed by atoms with Crippen molar-refractivity contribution in [1.29, 1.82) is 0 Å². The number of nitrogens with zero attached hydrogens (tertiary/aromatic N) is 2. The van der Waals surface area contributed by atoms with E-state index in [4.69, 9.17) is 4.74 Å². The Labute approximate surface area is 105 Å². The van der Waals surface area contributed by atoms with Crippen LogP contribution in [0.1, 0.15) is 38.5 Å². The molecule has 0 aromatic rings. The van der Waals surface area contributed by atoms with E-state index in [1.165, 1.54) is 64.7 Å². The summed E-state index contributed by atoms with van der Waals surface area (Å²) < 4.78 is 5.45. The van der Waals surface area contributed by atoms with E-state index in [9.17, 15) is 0 Å². The summed E-state index contributed by atoms with van der Waals surface area (Å²) in [5.74, 6) is 0. The smallest absolute Gasteiger partial charge is 0.0595 e. The van der Waals surface area contributed by atoms with Crippen molar-refractivity contribution in [2.45, 2.75) is 56.7 Å². The van der Waals surface area contributed by atoms with Gasteiger partial charge in [0.2, 0.25) is 0 Å². The standard InChI is InChI=1S/C14H26N2O/c1-17-14-6-10-16(11-7-14)13-4-8-15(9-5-13)12-2-3-12/h12-14H,2-11H2,1H3. The molecular formula is C14H26N2O. The number of methoxy groups -OCH3 is 1. The SMILES string of the molecule is COC1CCN(C2CCN(C3CC3)CC2)CC1. The van der Waals surface area contributed by atoms with Gasteiger partial charge in [-0.15, -0.1) is 0 Å². The third-order valence-corrected chi connectivity index (χ3v) is 4.89. The van der Waals surface area contributed by atoms with Gasteiger partial charge in [-0.05, 0) is 51.6 Å². The predicted octanol–water partition coefficient (Wildman–Crippen LogP) is 1.72. The van der Waals surface area contributed by atoms with Crippen LogP contribution < -0.4 is 0 Å². The average molecular weight is 238 g/mol. The minimum Gasteiger partial charge on any atom is -0.381 e. The van der Waals surface area contributed by atoms with Crippen LogP contribution in [0.25, 0.3) is 0 Å². The lowest BCUT2D eigenvalue weighted by Crippen LogP contribution is -2.49. The fraction of sp³-hybridized carbons (Fsp3) is 1.00. The molecule has 0 bridgehead atoms. The van der Waals surface area contributed by atoms with E-state index in [0.717, 1.165) is 12.1 Å². The number of hydrogen-bond acceptors (Lipinski definition) is 3. The molecule has 0 spiro atoms. The minimum atomic E-state index is 0.526. The van der Waals surface area contributed by atoms with Crippen molar-refractivity contribution < 1.29 is 4.74 Å². The lowest BCUT2D eigenvalue weighted by molar-refractivity contribution is 0.0137. The molecule has 0 N–H and O–H groups in total. The van der Waals surface area contributed by atoms with Crippen molar-refractivity contribution in [3.63, 3.8) is 0 Å². The van der Waals surface area contributed by atoms with Gasteiger partial charge in [-0.3, -0.25) is 0 Å². The highest BCUT2D eigenvalue weighted by atomic mass is 16.5. The molecule has 3 rings (SSSR count). The third-order valence-electron chi connectivity index (χ3n) is 4.89. The molecule has 98 valence electrons. The Morgan fingerprint density at radius 3 is 1.65 bits per heavy atom. The molecule has 0 unspecified atom stereocenters. The first-order valence-electron chi connectivity index (χ1n) is 7.37. The third kappa shape index (κ3) is 2.83. The normalized spacial score (nSPS) is 30.9. The first kappa shape index (κ1) is 11.9. The first-order valence-corrected chi connectivity index (χ1v) is 7.37. The summed E-state index contributed by atoms with van der Waals surface area (Å²) in [6.45, 7) is 5.21. The van der Waals surface area contributed by atoms with E-state index >= 15 is 0 Å². The van der Waals surface area contributed by atoms with E-state index in [-0.39, 0.29) is 0 Å². The molecule has 3 fully saturated rings. The summed E-state index contributed by atoms with van der Waals surface area (Å²) in [5, 5.41) is 0. The van der Waals surface area contributed by atoms with E-state index in [0.29, 0.717) is 6.10 Å². The predicted molar refractivity (Wildman–Crippen MR) is 69.2 cm³/mol. The van der Waals surface area contributed by atoms with Gasteiger partial charge in [0.1, 0.15) is 0 Å². The topological polar surface area (TPSA) is 15.7 Å². The van der Waals surface area contributed by atoms with Gasteiger partial charge in [0, 0.05) is 32.3 Å². The Balaban J connectivity index is 1.43.